The molecule has 28 heavy (non-hydrogen) atoms. The first kappa shape index (κ1) is 20.6. The molecule has 148 valence electrons. The monoisotopic (exact) mass is 439 g/mol. The van der Waals surface area contributed by atoms with Gasteiger partial charge in [0.25, 0.3) is 0 Å². The molecule has 0 fully saturated rings. The Kier molecular flexibility index (Phi) is 6.26. The molecule has 2 aromatic rings. The first-order valence-electron chi connectivity index (χ1n) is 8.54. The molecule has 0 radical (unpaired) electrons. The van der Waals surface area contributed by atoms with E-state index in [0.29, 0.717) is 22.9 Å². The molecule has 0 spiro atoms. The summed E-state index contributed by atoms with van der Waals surface area (Å²) in [4.78, 5) is 28.9. The van der Waals surface area contributed by atoms with E-state index in [1.807, 2.05) is 6.92 Å². The van der Waals surface area contributed by atoms with Gasteiger partial charge in [-0.3, -0.25) is 9.59 Å². The van der Waals surface area contributed by atoms with Gasteiger partial charge in [-0.2, -0.15) is 0 Å². The number of halogens is 1. The normalized spacial score (nSPS) is 16.2. The lowest BCUT2D eigenvalue weighted by Gasteiger charge is -2.23. The maximum atomic E-state index is 12.6. The summed E-state index contributed by atoms with van der Waals surface area (Å²) in [6, 6.07) is 7.74. The zero-order chi connectivity index (χ0) is 20.3. The Hall–Kier alpha value is -2.10. The summed E-state index contributed by atoms with van der Waals surface area (Å²) in [5.74, 6) is -0.662. The lowest BCUT2D eigenvalue weighted by atomic mass is 10.2. The highest BCUT2D eigenvalue weighted by Crippen LogP contribution is 2.38. The number of aromatic nitrogens is 1. The van der Waals surface area contributed by atoms with E-state index in [0.717, 1.165) is 4.90 Å². The third-order valence-electron chi connectivity index (χ3n) is 4.09. The van der Waals surface area contributed by atoms with Crippen LogP contribution in [0.15, 0.2) is 46.3 Å². The van der Waals surface area contributed by atoms with Crippen LogP contribution in [0, 0.1) is 0 Å². The minimum Gasteiger partial charge on any atom is -0.324 e. The first-order chi connectivity index (χ1) is 13.3. The van der Waals surface area contributed by atoms with Gasteiger partial charge in [0.15, 0.2) is 9.84 Å². The fourth-order valence-electron chi connectivity index (χ4n) is 2.59. The molecule has 0 aliphatic carbocycles. The van der Waals surface area contributed by atoms with Gasteiger partial charge >= 0.3 is 0 Å². The fourth-order valence-corrected chi connectivity index (χ4v) is 4.99. The molecule has 0 unspecified atom stereocenters. The molecular weight excluding hydrogens is 422 g/mol. The molecule has 10 heteroatoms. The van der Waals surface area contributed by atoms with Crippen LogP contribution in [-0.4, -0.2) is 36.2 Å². The molecule has 1 aliphatic rings. The van der Waals surface area contributed by atoms with Gasteiger partial charge in [0.05, 0.1) is 26.6 Å². The number of hydrogen-bond donors (Lipinski definition) is 2. The molecule has 0 saturated heterocycles. The van der Waals surface area contributed by atoms with Gasteiger partial charge in [-0.05, 0) is 36.8 Å². The molecule has 1 atom stereocenters. The Labute approximate surface area is 172 Å². The second-order valence-electron chi connectivity index (χ2n) is 6.14. The summed E-state index contributed by atoms with van der Waals surface area (Å²) in [7, 11) is -3.69. The number of thioether (sulfide) groups is 1. The van der Waals surface area contributed by atoms with Crippen molar-refractivity contribution in [3.63, 3.8) is 0 Å². The summed E-state index contributed by atoms with van der Waals surface area (Å²) in [6.07, 6.45) is 1.85. The minimum absolute atomic E-state index is 0.0690. The van der Waals surface area contributed by atoms with Crippen LogP contribution < -0.4 is 10.6 Å². The number of fused-ring (bicyclic) bond motifs is 1. The second kappa shape index (κ2) is 8.50. The van der Waals surface area contributed by atoms with Crippen molar-refractivity contribution in [3.05, 3.63) is 41.6 Å². The van der Waals surface area contributed by atoms with Gasteiger partial charge in [-0.15, -0.1) is 11.8 Å². The van der Waals surface area contributed by atoms with Gasteiger partial charge in [0.1, 0.15) is 5.82 Å². The van der Waals surface area contributed by atoms with Crippen molar-refractivity contribution in [2.75, 3.05) is 16.4 Å². The van der Waals surface area contributed by atoms with Gasteiger partial charge in [-0.25, -0.2) is 13.4 Å². The predicted octanol–water partition coefficient (Wildman–Crippen LogP) is 3.36. The van der Waals surface area contributed by atoms with E-state index in [1.54, 1.807) is 12.1 Å². The van der Waals surface area contributed by atoms with Gasteiger partial charge in [0, 0.05) is 17.5 Å². The molecule has 0 saturated carbocycles. The predicted molar refractivity (Wildman–Crippen MR) is 110 cm³/mol. The standard InChI is InChI=1S/C18H18ClN3O4S2/c1-2-14-18(24)21-13-9-12(4-5-15(13)27-14)28(25,26)8-7-17(23)22-16-6-3-11(19)10-20-16/h3-6,9-10,14H,2,7-8H2,1H3,(H,21,24)(H,20,22,23)/t14-/m0/s1. The van der Waals surface area contributed by atoms with E-state index in [9.17, 15) is 18.0 Å². The zero-order valence-corrected chi connectivity index (χ0v) is 17.3. The van der Waals surface area contributed by atoms with Crippen LogP contribution in [0.2, 0.25) is 5.02 Å². The Morgan fingerprint density at radius 1 is 1.32 bits per heavy atom. The number of nitrogens with one attached hydrogen (secondary N) is 2. The highest BCUT2D eigenvalue weighted by atomic mass is 35.5. The van der Waals surface area contributed by atoms with Crippen molar-refractivity contribution < 1.29 is 18.0 Å². The molecule has 2 N–H and O–H groups in total. The van der Waals surface area contributed by atoms with E-state index in [2.05, 4.69) is 15.6 Å². The van der Waals surface area contributed by atoms with E-state index >= 15 is 0 Å². The van der Waals surface area contributed by atoms with E-state index < -0.39 is 15.7 Å². The Morgan fingerprint density at radius 2 is 2.11 bits per heavy atom. The molecule has 1 aliphatic heterocycles. The van der Waals surface area contributed by atoms with Crippen molar-refractivity contribution in [3.8, 4) is 0 Å². The van der Waals surface area contributed by atoms with Crippen LogP contribution in [0.4, 0.5) is 11.5 Å². The van der Waals surface area contributed by atoms with Crippen molar-refractivity contribution >= 4 is 56.5 Å². The molecule has 1 aromatic heterocycles. The summed E-state index contributed by atoms with van der Waals surface area (Å²) in [5, 5.41) is 5.53. The number of sulfone groups is 1. The van der Waals surface area contributed by atoms with Crippen LogP contribution in [-0.2, 0) is 19.4 Å². The molecule has 1 aromatic carbocycles. The van der Waals surface area contributed by atoms with Crippen LogP contribution in [0.5, 0.6) is 0 Å². The Balaban J connectivity index is 1.66. The number of hydrogen-bond acceptors (Lipinski definition) is 6. The number of benzene rings is 1. The van der Waals surface area contributed by atoms with Crippen molar-refractivity contribution in [1.82, 2.24) is 4.98 Å². The minimum atomic E-state index is -3.69. The van der Waals surface area contributed by atoms with Crippen molar-refractivity contribution in [2.45, 2.75) is 34.8 Å². The number of nitrogens with zero attached hydrogens (tertiary/aromatic N) is 1. The number of carbonyl (C=O) groups is 2. The lowest BCUT2D eigenvalue weighted by molar-refractivity contribution is -0.116. The van der Waals surface area contributed by atoms with E-state index in [-0.39, 0.29) is 28.2 Å². The maximum absolute atomic E-state index is 12.6. The largest absolute Gasteiger partial charge is 0.324 e. The third kappa shape index (κ3) is 4.84. The topological polar surface area (TPSA) is 105 Å². The van der Waals surface area contributed by atoms with Crippen LogP contribution in [0.25, 0.3) is 0 Å². The maximum Gasteiger partial charge on any atom is 0.237 e. The number of rotatable bonds is 6. The molecule has 3 rings (SSSR count). The Morgan fingerprint density at radius 3 is 2.79 bits per heavy atom. The van der Waals surface area contributed by atoms with Gasteiger partial charge in [-0.1, -0.05) is 18.5 Å². The highest BCUT2D eigenvalue weighted by molar-refractivity contribution is 8.01. The summed E-state index contributed by atoms with van der Waals surface area (Å²) in [6.45, 7) is 1.92. The SMILES string of the molecule is CC[C@@H]1Sc2ccc(S(=O)(=O)CCC(=O)Nc3ccc(Cl)cn3)cc2NC1=O. The van der Waals surface area contributed by atoms with Crippen molar-refractivity contribution in [2.24, 2.45) is 0 Å². The second-order valence-corrected chi connectivity index (χ2v) is 9.93. The zero-order valence-electron chi connectivity index (χ0n) is 14.9. The third-order valence-corrected chi connectivity index (χ3v) is 7.47. The van der Waals surface area contributed by atoms with Crippen LogP contribution in [0.3, 0.4) is 0 Å². The first-order valence-corrected chi connectivity index (χ1v) is 11.4. The number of anilines is 2. The molecule has 0 bridgehead atoms. The summed E-state index contributed by atoms with van der Waals surface area (Å²) >= 11 is 7.15. The smallest absolute Gasteiger partial charge is 0.237 e. The van der Waals surface area contributed by atoms with Gasteiger partial charge in [0.2, 0.25) is 11.8 Å². The average Bonchev–Trinajstić information content (AvgIpc) is 2.67. The van der Waals surface area contributed by atoms with Gasteiger partial charge < -0.3 is 10.6 Å². The molecule has 2 heterocycles. The number of amides is 2. The van der Waals surface area contributed by atoms with E-state index in [1.165, 1.54) is 36.2 Å². The summed E-state index contributed by atoms with van der Waals surface area (Å²) < 4.78 is 25.2. The molecule has 2 amide bonds. The quantitative estimate of drug-likeness (QED) is 0.714. The lowest BCUT2D eigenvalue weighted by Crippen LogP contribution is -2.28. The average molecular weight is 440 g/mol. The molecule has 7 nitrogen and oxygen atoms in total. The van der Waals surface area contributed by atoms with Crippen molar-refractivity contribution in [1.29, 1.82) is 0 Å². The summed E-state index contributed by atoms with van der Waals surface area (Å²) in [5.41, 5.74) is 0.482. The van der Waals surface area contributed by atoms with E-state index in [4.69, 9.17) is 11.6 Å². The molecular formula is C18H18ClN3O4S2. The Bertz CT molecular complexity index is 1010. The number of carbonyl (C=O) groups excluding carboxylic acids is 2. The fraction of sp³-hybridized carbons (Fsp3) is 0.278. The number of pyridine rings is 1. The highest BCUT2D eigenvalue weighted by Gasteiger charge is 2.27. The van der Waals surface area contributed by atoms with Crippen LogP contribution >= 0.6 is 23.4 Å². The van der Waals surface area contributed by atoms with Crippen LogP contribution in [0.1, 0.15) is 19.8 Å².